The molecule has 32 heavy (non-hydrogen) atoms. The molecule has 0 aliphatic rings. The summed E-state index contributed by atoms with van der Waals surface area (Å²) in [6.45, 7) is 3.93. The van der Waals surface area contributed by atoms with Crippen LogP contribution in [0.1, 0.15) is 48.2 Å². The quantitative estimate of drug-likeness (QED) is 0.455. The Kier molecular flexibility index (Phi) is 6.51. The van der Waals surface area contributed by atoms with E-state index in [9.17, 15) is 4.79 Å². The summed E-state index contributed by atoms with van der Waals surface area (Å²) >= 11 is 6.06. The van der Waals surface area contributed by atoms with E-state index in [4.69, 9.17) is 11.6 Å². The maximum atomic E-state index is 13.2. The number of nitrogens with zero attached hydrogens (tertiary/aromatic N) is 6. The van der Waals surface area contributed by atoms with E-state index < -0.39 is 0 Å². The molecule has 0 bridgehead atoms. The molecule has 0 saturated carbocycles. The summed E-state index contributed by atoms with van der Waals surface area (Å²) in [6.07, 6.45) is 6.46. The fourth-order valence-electron chi connectivity index (χ4n) is 3.35. The van der Waals surface area contributed by atoms with Crippen molar-refractivity contribution in [2.75, 3.05) is 0 Å². The maximum Gasteiger partial charge on any atom is 0.251 e. The summed E-state index contributed by atoms with van der Waals surface area (Å²) in [5, 5.41) is 15.7. The summed E-state index contributed by atoms with van der Waals surface area (Å²) in [6, 6.07) is 12.8. The molecule has 4 aromatic rings. The van der Waals surface area contributed by atoms with Gasteiger partial charge in [0.25, 0.3) is 5.91 Å². The monoisotopic (exact) mass is 447 g/mol. The normalized spacial score (nSPS) is 11.8. The predicted octanol–water partition coefficient (Wildman–Crippen LogP) is 4.22. The van der Waals surface area contributed by atoms with Crippen LogP contribution in [0.5, 0.6) is 0 Å². The number of amides is 1. The third kappa shape index (κ3) is 4.81. The lowest BCUT2D eigenvalue weighted by atomic mass is 10.0. The highest BCUT2D eigenvalue weighted by molar-refractivity contribution is 6.30. The Labute approximate surface area is 190 Å². The first-order chi connectivity index (χ1) is 15.5. The number of benzene rings is 2. The van der Waals surface area contributed by atoms with Crippen LogP contribution in [-0.4, -0.2) is 36.1 Å². The number of aromatic nitrogens is 6. The van der Waals surface area contributed by atoms with E-state index in [1.54, 1.807) is 29.3 Å². The van der Waals surface area contributed by atoms with Crippen LogP contribution in [0, 0.1) is 0 Å². The van der Waals surface area contributed by atoms with Crippen LogP contribution in [0.4, 0.5) is 0 Å². The van der Waals surface area contributed by atoms with Crippen molar-refractivity contribution in [3.8, 4) is 16.8 Å². The Hall–Kier alpha value is -3.65. The van der Waals surface area contributed by atoms with E-state index in [2.05, 4.69) is 37.7 Å². The molecule has 2 aromatic heterocycles. The molecule has 1 N–H and O–H groups in total. The molecule has 1 atom stereocenters. The van der Waals surface area contributed by atoms with E-state index in [0.29, 0.717) is 22.0 Å². The van der Waals surface area contributed by atoms with Gasteiger partial charge in [0.05, 0.1) is 23.6 Å². The van der Waals surface area contributed by atoms with Crippen LogP contribution in [0.2, 0.25) is 5.02 Å². The molecule has 0 aliphatic carbocycles. The van der Waals surface area contributed by atoms with Gasteiger partial charge in [0, 0.05) is 29.4 Å². The van der Waals surface area contributed by atoms with Crippen molar-refractivity contribution in [1.29, 1.82) is 0 Å². The second kappa shape index (κ2) is 9.65. The minimum Gasteiger partial charge on any atom is -0.344 e. The van der Waals surface area contributed by atoms with Crippen molar-refractivity contribution in [1.82, 2.24) is 35.5 Å². The number of hydrogen-bond acceptors (Lipinski definition) is 6. The molecule has 0 spiro atoms. The molecule has 0 saturated heterocycles. The van der Waals surface area contributed by atoms with Crippen molar-refractivity contribution in [2.24, 2.45) is 0 Å². The van der Waals surface area contributed by atoms with Crippen LogP contribution < -0.4 is 5.32 Å². The topological polar surface area (TPSA) is 98.5 Å². The molecule has 9 heteroatoms. The number of rotatable bonds is 7. The number of carbonyl (C=O) groups is 1. The third-order valence-electron chi connectivity index (χ3n) is 4.98. The largest absolute Gasteiger partial charge is 0.344 e. The number of halogens is 1. The molecule has 4 rings (SSSR count). The van der Waals surface area contributed by atoms with E-state index in [1.807, 2.05) is 43.3 Å². The van der Waals surface area contributed by atoms with Gasteiger partial charge in [-0.25, -0.2) is 0 Å². The van der Waals surface area contributed by atoms with Crippen LogP contribution in [0.25, 0.3) is 16.8 Å². The van der Waals surface area contributed by atoms with Crippen LogP contribution >= 0.6 is 11.6 Å². The Balaban J connectivity index is 1.73. The highest BCUT2D eigenvalue weighted by atomic mass is 35.5. The lowest BCUT2D eigenvalue weighted by Gasteiger charge is -2.15. The molecule has 2 aromatic carbocycles. The second-order valence-electron chi connectivity index (χ2n) is 7.36. The van der Waals surface area contributed by atoms with E-state index in [1.165, 1.54) is 0 Å². The smallest absolute Gasteiger partial charge is 0.251 e. The average molecular weight is 448 g/mol. The fourth-order valence-corrected chi connectivity index (χ4v) is 3.47. The van der Waals surface area contributed by atoms with Gasteiger partial charge in [0.1, 0.15) is 0 Å². The van der Waals surface area contributed by atoms with Crippen molar-refractivity contribution in [2.45, 2.75) is 32.7 Å². The molecule has 162 valence electrons. The summed E-state index contributed by atoms with van der Waals surface area (Å²) in [5.74, 6) is 0.505. The summed E-state index contributed by atoms with van der Waals surface area (Å²) in [5.41, 5.74) is 3.66. The van der Waals surface area contributed by atoms with Crippen molar-refractivity contribution < 1.29 is 4.79 Å². The molecule has 1 amide bonds. The lowest BCUT2D eigenvalue weighted by molar-refractivity contribution is 0.0939. The number of carbonyl (C=O) groups excluding carboxylic acids is 1. The van der Waals surface area contributed by atoms with Gasteiger partial charge >= 0.3 is 0 Å². The molecule has 0 radical (unpaired) electrons. The number of nitrogens with one attached hydrogen (secondary N) is 1. The van der Waals surface area contributed by atoms with Crippen molar-refractivity contribution in [3.63, 3.8) is 0 Å². The Morgan fingerprint density at radius 3 is 2.66 bits per heavy atom. The molecule has 8 nitrogen and oxygen atoms in total. The molecule has 0 fully saturated rings. The first-order valence-corrected chi connectivity index (χ1v) is 10.7. The van der Waals surface area contributed by atoms with Gasteiger partial charge in [-0.2, -0.15) is 4.68 Å². The third-order valence-corrected chi connectivity index (χ3v) is 5.24. The minimum atomic E-state index is -0.303. The van der Waals surface area contributed by atoms with Crippen LogP contribution in [0.3, 0.4) is 0 Å². The standard InChI is InChI=1S/C23H22ClN7O/c1-3-4-22-28-29-30-31(22)20-12-17(16-5-7-19(24)8-6-16)11-18(13-20)23(32)27-15(2)21-14-25-9-10-26-21/h5-15H,3-4H2,1-2H3,(H,27,32). The van der Waals surface area contributed by atoms with Crippen LogP contribution in [0.15, 0.2) is 61.1 Å². The van der Waals surface area contributed by atoms with E-state index in [0.717, 1.165) is 29.8 Å². The molecule has 2 heterocycles. The Morgan fingerprint density at radius 1 is 1.12 bits per heavy atom. The zero-order chi connectivity index (χ0) is 22.5. The SMILES string of the molecule is CCCc1nnnn1-c1cc(C(=O)NC(C)c2cnccn2)cc(-c2ccc(Cl)cc2)c1. The van der Waals surface area contributed by atoms with Gasteiger partial charge in [-0.1, -0.05) is 30.7 Å². The zero-order valence-corrected chi connectivity index (χ0v) is 18.5. The first-order valence-electron chi connectivity index (χ1n) is 10.3. The minimum absolute atomic E-state index is 0.231. The van der Waals surface area contributed by atoms with Gasteiger partial charge in [0.15, 0.2) is 5.82 Å². The van der Waals surface area contributed by atoms with Gasteiger partial charge in [0.2, 0.25) is 0 Å². The van der Waals surface area contributed by atoms with Gasteiger partial charge < -0.3 is 5.32 Å². The lowest BCUT2D eigenvalue weighted by Crippen LogP contribution is -2.27. The van der Waals surface area contributed by atoms with Crippen molar-refractivity contribution in [3.05, 3.63) is 83.2 Å². The Morgan fingerprint density at radius 2 is 1.94 bits per heavy atom. The maximum absolute atomic E-state index is 13.2. The van der Waals surface area contributed by atoms with E-state index in [-0.39, 0.29) is 11.9 Å². The first kappa shape index (κ1) is 21.6. The zero-order valence-electron chi connectivity index (χ0n) is 17.7. The predicted molar refractivity (Wildman–Crippen MR) is 122 cm³/mol. The van der Waals surface area contributed by atoms with Crippen LogP contribution in [-0.2, 0) is 6.42 Å². The summed E-state index contributed by atoms with van der Waals surface area (Å²) in [4.78, 5) is 21.5. The highest BCUT2D eigenvalue weighted by Crippen LogP contribution is 2.26. The second-order valence-corrected chi connectivity index (χ2v) is 7.79. The summed E-state index contributed by atoms with van der Waals surface area (Å²) < 4.78 is 1.67. The van der Waals surface area contributed by atoms with E-state index >= 15 is 0 Å². The van der Waals surface area contributed by atoms with Gasteiger partial charge in [-0.15, -0.1) is 5.10 Å². The highest BCUT2D eigenvalue weighted by Gasteiger charge is 2.17. The van der Waals surface area contributed by atoms with Crippen molar-refractivity contribution >= 4 is 17.5 Å². The molecular formula is C23H22ClN7O. The number of hydrogen-bond donors (Lipinski definition) is 1. The number of aryl methyl sites for hydroxylation is 1. The fraction of sp³-hybridized carbons (Fsp3) is 0.217. The van der Waals surface area contributed by atoms with Gasteiger partial charge in [-0.3, -0.25) is 14.8 Å². The number of tetrazole rings is 1. The summed E-state index contributed by atoms with van der Waals surface area (Å²) in [7, 11) is 0. The molecular weight excluding hydrogens is 426 g/mol. The molecule has 1 unspecified atom stereocenters. The molecule has 0 aliphatic heterocycles. The Bertz CT molecular complexity index is 1210. The van der Waals surface area contributed by atoms with Gasteiger partial charge in [-0.05, 0) is 65.2 Å². The average Bonchev–Trinajstić information content (AvgIpc) is 3.28.